The van der Waals surface area contributed by atoms with Gasteiger partial charge in [-0.25, -0.2) is 0 Å². The molecule has 0 saturated carbocycles. The van der Waals surface area contributed by atoms with Crippen molar-refractivity contribution in [3.05, 3.63) is 11.1 Å². The Labute approximate surface area is 111 Å². The van der Waals surface area contributed by atoms with Gasteiger partial charge in [0.25, 0.3) is 0 Å². The molecule has 0 bridgehead atoms. The van der Waals surface area contributed by atoms with Gasteiger partial charge in [-0.05, 0) is 44.8 Å². The van der Waals surface area contributed by atoms with Crippen LogP contribution in [0.25, 0.3) is 0 Å². The summed E-state index contributed by atoms with van der Waals surface area (Å²) in [6.07, 6.45) is 5.68. The summed E-state index contributed by atoms with van der Waals surface area (Å²) in [6, 6.07) is 0.850. The summed E-state index contributed by atoms with van der Waals surface area (Å²) in [5, 5.41) is 3.34. The molecule has 3 rings (SSSR count). The average molecular weight is 249 g/mol. The van der Waals surface area contributed by atoms with Crippen LogP contribution in [0.5, 0.6) is 0 Å². The van der Waals surface area contributed by atoms with E-state index in [1.54, 1.807) is 11.1 Å². The highest BCUT2D eigenvalue weighted by molar-refractivity contribution is 5.22. The Morgan fingerprint density at radius 2 is 1.94 bits per heavy atom. The summed E-state index contributed by atoms with van der Waals surface area (Å²) in [7, 11) is 0. The third kappa shape index (κ3) is 2.79. The number of hydrogen-bond donors (Lipinski definition) is 1. The number of rotatable bonds is 3. The zero-order valence-corrected chi connectivity index (χ0v) is 11.7. The molecule has 3 aliphatic rings. The van der Waals surface area contributed by atoms with E-state index in [0.717, 1.165) is 19.1 Å². The van der Waals surface area contributed by atoms with Crippen molar-refractivity contribution in [1.29, 1.82) is 0 Å². The monoisotopic (exact) mass is 249 g/mol. The highest BCUT2D eigenvalue weighted by Crippen LogP contribution is 2.21. The van der Waals surface area contributed by atoms with Gasteiger partial charge in [-0.15, -0.1) is 0 Å². The Balaban J connectivity index is 1.48. The number of likely N-dealkylation sites (tertiary alicyclic amines) is 2. The first-order valence-electron chi connectivity index (χ1n) is 7.67. The molecule has 0 aromatic heterocycles. The SMILES string of the molecule is CC(CN1CCC(N2CCCCC2)C1)=C1CNC1. The van der Waals surface area contributed by atoms with Gasteiger partial charge in [0.15, 0.2) is 0 Å². The third-order valence-corrected chi connectivity index (χ3v) is 4.90. The van der Waals surface area contributed by atoms with Gasteiger partial charge in [-0.3, -0.25) is 9.80 Å². The molecule has 1 N–H and O–H groups in total. The third-order valence-electron chi connectivity index (χ3n) is 4.90. The molecule has 0 aromatic carbocycles. The maximum atomic E-state index is 3.34. The van der Waals surface area contributed by atoms with Gasteiger partial charge in [0.1, 0.15) is 0 Å². The Morgan fingerprint density at radius 3 is 2.61 bits per heavy atom. The van der Waals surface area contributed by atoms with Crippen LogP contribution < -0.4 is 5.32 Å². The number of hydrogen-bond acceptors (Lipinski definition) is 3. The highest BCUT2D eigenvalue weighted by Gasteiger charge is 2.28. The van der Waals surface area contributed by atoms with E-state index < -0.39 is 0 Å². The standard InChI is InChI=1S/C15H27N3/c1-13(14-9-16-10-14)11-17-8-5-15(12-17)18-6-3-2-4-7-18/h15-16H,2-12H2,1H3. The number of piperidine rings is 1. The summed E-state index contributed by atoms with van der Waals surface area (Å²) >= 11 is 0. The lowest BCUT2D eigenvalue weighted by Crippen LogP contribution is -2.41. The van der Waals surface area contributed by atoms with Crippen molar-refractivity contribution in [3.63, 3.8) is 0 Å². The fourth-order valence-corrected chi connectivity index (χ4v) is 3.54. The molecule has 3 fully saturated rings. The van der Waals surface area contributed by atoms with Crippen LogP contribution in [0.4, 0.5) is 0 Å². The van der Waals surface area contributed by atoms with Crippen molar-refractivity contribution >= 4 is 0 Å². The summed E-state index contributed by atoms with van der Waals surface area (Å²) in [6.45, 7) is 11.1. The maximum absolute atomic E-state index is 3.34. The van der Waals surface area contributed by atoms with Crippen LogP contribution in [0.3, 0.4) is 0 Å². The fourth-order valence-electron chi connectivity index (χ4n) is 3.54. The predicted molar refractivity (Wildman–Crippen MR) is 75.8 cm³/mol. The van der Waals surface area contributed by atoms with Crippen molar-refractivity contribution in [1.82, 2.24) is 15.1 Å². The summed E-state index contributed by atoms with van der Waals surface area (Å²) in [5.74, 6) is 0. The van der Waals surface area contributed by atoms with Gasteiger partial charge in [0, 0.05) is 38.8 Å². The highest BCUT2D eigenvalue weighted by atomic mass is 15.3. The minimum absolute atomic E-state index is 0.850. The average Bonchev–Trinajstić information content (AvgIpc) is 2.76. The second-order valence-electron chi connectivity index (χ2n) is 6.26. The Bertz CT molecular complexity index is 312. The van der Waals surface area contributed by atoms with Gasteiger partial charge >= 0.3 is 0 Å². The fraction of sp³-hybridized carbons (Fsp3) is 0.867. The molecule has 0 amide bonds. The molecule has 18 heavy (non-hydrogen) atoms. The molecule has 102 valence electrons. The minimum atomic E-state index is 0.850. The van der Waals surface area contributed by atoms with Gasteiger partial charge in [-0.2, -0.15) is 0 Å². The number of nitrogens with zero attached hydrogens (tertiary/aromatic N) is 2. The smallest absolute Gasteiger partial charge is 0.0235 e. The van der Waals surface area contributed by atoms with E-state index >= 15 is 0 Å². The van der Waals surface area contributed by atoms with Crippen molar-refractivity contribution in [2.45, 2.75) is 38.6 Å². The Kier molecular flexibility index (Phi) is 4.02. The van der Waals surface area contributed by atoms with Crippen LogP contribution in [0.1, 0.15) is 32.6 Å². The van der Waals surface area contributed by atoms with Gasteiger partial charge in [0.05, 0.1) is 0 Å². The molecule has 3 heterocycles. The molecule has 3 aliphatic heterocycles. The van der Waals surface area contributed by atoms with Crippen LogP contribution in [-0.4, -0.2) is 61.7 Å². The second-order valence-corrected chi connectivity index (χ2v) is 6.26. The summed E-state index contributed by atoms with van der Waals surface area (Å²) in [5.41, 5.74) is 3.27. The predicted octanol–water partition coefficient (Wildman–Crippen LogP) is 1.47. The van der Waals surface area contributed by atoms with Crippen LogP contribution in [0.15, 0.2) is 11.1 Å². The maximum Gasteiger partial charge on any atom is 0.0235 e. The van der Waals surface area contributed by atoms with Gasteiger partial charge < -0.3 is 5.32 Å². The zero-order valence-electron chi connectivity index (χ0n) is 11.7. The molecule has 3 nitrogen and oxygen atoms in total. The van der Waals surface area contributed by atoms with E-state index in [-0.39, 0.29) is 0 Å². The van der Waals surface area contributed by atoms with E-state index in [1.165, 1.54) is 58.4 Å². The Morgan fingerprint density at radius 1 is 1.17 bits per heavy atom. The van der Waals surface area contributed by atoms with E-state index in [4.69, 9.17) is 0 Å². The van der Waals surface area contributed by atoms with Crippen LogP contribution in [-0.2, 0) is 0 Å². The van der Waals surface area contributed by atoms with E-state index in [1.807, 2.05) is 0 Å². The zero-order chi connectivity index (χ0) is 12.4. The Hall–Kier alpha value is -0.380. The quantitative estimate of drug-likeness (QED) is 0.764. The van der Waals surface area contributed by atoms with Crippen molar-refractivity contribution < 1.29 is 0 Å². The molecule has 1 atom stereocenters. The first kappa shape index (κ1) is 12.6. The van der Waals surface area contributed by atoms with E-state index in [0.29, 0.717) is 0 Å². The molecular weight excluding hydrogens is 222 g/mol. The molecule has 3 heteroatoms. The molecular formula is C15H27N3. The van der Waals surface area contributed by atoms with Crippen molar-refractivity contribution in [2.75, 3.05) is 45.8 Å². The molecule has 1 unspecified atom stereocenters. The summed E-state index contributed by atoms with van der Waals surface area (Å²) < 4.78 is 0. The van der Waals surface area contributed by atoms with Gasteiger partial charge in [-0.1, -0.05) is 12.0 Å². The normalized spacial score (nSPS) is 30.5. The largest absolute Gasteiger partial charge is 0.309 e. The summed E-state index contributed by atoms with van der Waals surface area (Å²) in [4.78, 5) is 5.41. The molecule has 0 aromatic rings. The van der Waals surface area contributed by atoms with Crippen LogP contribution in [0, 0.1) is 0 Å². The first-order valence-corrected chi connectivity index (χ1v) is 7.67. The lowest BCUT2D eigenvalue weighted by molar-refractivity contribution is 0.163. The first-order chi connectivity index (χ1) is 8.83. The van der Waals surface area contributed by atoms with Crippen LogP contribution >= 0.6 is 0 Å². The lowest BCUT2D eigenvalue weighted by atomic mass is 10.0. The number of nitrogens with one attached hydrogen (secondary N) is 1. The lowest BCUT2D eigenvalue weighted by Gasteiger charge is -2.32. The van der Waals surface area contributed by atoms with E-state index in [9.17, 15) is 0 Å². The van der Waals surface area contributed by atoms with Crippen molar-refractivity contribution in [2.24, 2.45) is 0 Å². The van der Waals surface area contributed by atoms with Crippen LogP contribution in [0.2, 0.25) is 0 Å². The minimum Gasteiger partial charge on any atom is -0.309 e. The molecule has 0 radical (unpaired) electrons. The molecule has 0 aliphatic carbocycles. The van der Waals surface area contributed by atoms with E-state index in [2.05, 4.69) is 22.0 Å². The molecule has 3 saturated heterocycles. The van der Waals surface area contributed by atoms with Gasteiger partial charge in [0.2, 0.25) is 0 Å². The molecule has 0 spiro atoms. The van der Waals surface area contributed by atoms with Crippen molar-refractivity contribution in [3.8, 4) is 0 Å². The second kappa shape index (κ2) is 5.72. The topological polar surface area (TPSA) is 18.5 Å².